The van der Waals surface area contributed by atoms with Gasteiger partial charge in [0.2, 0.25) is 5.89 Å². The third-order valence-electron chi connectivity index (χ3n) is 1.62. The van der Waals surface area contributed by atoms with E-state index in [9.17, 15) is 8.42 Å². The van der Waals surface area contributed by atoms with Crippen molar-refractivity contribution in [1.82, 2.24) is 9.97 Å². The van der Waals surface area contributed by atoms with E-state index in [1.54, 1.807) is 12.3 Å². The van der Waals surface area contributed by atoms with E-state index in [0.717, 1.165) is 6.26 Å². The number of aromatic nitrogens is 2. The molecular weight excluding hydrogens is 204 g/mol. The molecule has 0 radical (unpaired) electrons. The average Bonchev–Trinajstić information content (AvgIpc) is 2.42. The van der Waals surface area contributed by atoms with E-state index >= 15 is 0 Å². The lowest BCUT2D eigenvalue weighted by Crippen LogP contribution is -2.00. The fraction of sp³-hybridized carbons (Fsp3) is 0.250. The maximum Gasteiger partial charge on any atom is 0.210 e. The summed E-state index contributed by atoms with van der Waals surface area (Å²) in [6, 6.07) is 1.65. The molecule has 74 valence electrons. The minimum Gasteiger partial charge on any atom is -0.439 e. The Morgan fingerprint density at radius 3 is 2.93 bits per heavy atom. The minimum absolute atomic E-state index is 0.179. The lowest BCUT2D eigenvalue weighted by molar-refractivity contribution is 0.542. The summed E-state index contributed by atoms with van der Waals surface area (Å²) in [5.74, 6) is 0.0253. The summed E-state index contributed by atoms with van der Waals surface area (Å²) >= 11 is 0. The first-order valence-corrected chi connectivity index (χ1v) is 5.98. The molecule has 0 aliphatic carbocycles. The molecule has 0 amide bonds. The molecule has 0 fully saturated rings. The molecule has 0 aromatic carbocycles. The van der Waals surface area contributed by atoms with Crippen molar-refractivity contribution in [1.29, 1.82) is 0 Å². The molecule has 0 aliphatic rings. The van der Waals surface area contributed by atoms with Crippen LogP contribution in [0.15, 0.2) is 22.9 Å². The fourth-order valence-electron chi connectivity index (χ4n) is 1.11. The highest BCUT2D eigenvalue weighted by atomic mass is 32.2. The third kappa shape index (κ3) is 1.90. The Bertz CT molecular complexity index is 526. The predicted molar refractivity (Wildman–Crippen MR) is 50.4 cm³/mol. The smallest absolute Gasteiger partial charge is 0.210 e. The Morgan fingerprint density at radius 2 is 2.29 bits per heavy atom. The number of rotatable bonds is 2. The maximum atomic E-state index is 11.0. The molecule has 14 heavy (non-hydrogen) atoms. The van der Waals surface area contributed by atoms with Gasteiger partial charge in [-0.1, -0.05) is 0 Å². The highest BCUT2D eigenvalue weighted by Gasteiger charge is 2.11. The van der Waals surface area contributed by atoms with Crippen LogP contribution in [0, 0.1) is 0 Å². The van der Waals surface area contributed by atoms with Gasteiger partial charge in [0.05, 0.1) is 6.20 Å². The first kappa shape index (κ1) is 9.14. The SMILES string of the molecule is CS(=O)(=O)Cc1nc2cnccc2o1. The molecule has 0 atom stereocenters. The van der Waals surface area contributed by atoms with Crippen LogP contribution in [0.2, 0.25) is 0 Å². The Kier molecular flexibility index (Phi) is 1.99. The summed E-state index contributed by atoms with van der Waals surface area (Å²) in [6.07, 6.45) is 4.24. The van der Waals surface area contributed by atoms with E-state index in [-0.39, 0.29) is 11.6 Å². The van der Waals surface area contributed by atoms with Gasteiger partial charge in [-0.3, -0.25) is 4.98 Å². The average molecular weight is 212 g/mol. The van der Waals surface area contributed by atoms with E-state index in [0.29, 0.717) is 11.1 Å². The van der Waals surface area contributed by atoms with Crippen LogP contribution < -0.4 is 0 Å². The summed E-state index contributed by atoms with van der Waals surface area (Å²) in [4.78, 5) is 7.84. The van der Waals surface area contributed by atoms with Gasteiger partial charge in [0.15, 0.2) is 15.4 Å². The molecule has 0 saturated heterocycles. The van der Waals surface area contributed by atoms with Crippen molar-refractivity contribution in [3.8, 4) is 0 Å². The van der Waals surface area contributed by atoms with Gasteiger partial charge < -0.3 is 4.42 Å². The predicted octanol–water partition coefficient (Wildman–Crippen LogP) is 0.767. The molecular formula is C8H8N2O3S. The second-order valence-corrected chi connectivity index (χ2v) is 5.16. The maximum absolute atomic E-state index is 11.0. The van der Waals surface area contributed by atoms with Gasteiger partial charge in [0, 0.05) is 18.5 Å². The Labute approximate surface area is 80.7 Å². The summed E-state index contributed by atoms with van der Waals surface area (Å²) < 4.78 is 27.1. The molecule has 0 spiro atoms. The number of sulfone groups is 1. The van der Waals surface area contributed by atoms with Gasteiger partial charge in [-0.2, -0.15) is 0 Å². The van der Waals surface area contributed by atoms with Crippen molar-refractivity contribution in [2.45, 2.75) is 5.75 Å². The summed E-state index contributed by atoms with van der Waals surface area (Å²) in [7, 11) is -3.10. The summed E-state index contributed by atoms with van der Waals surface area (Å²) in [6.45, 7) is 0. The molecule has 0 N–H and O–H groups in total. The molecule has 2 heterocycles. The molecule has 2 aromatic rings. The molecule has 5 nitrogen and oxygen atoms in total. The van der Waals surface area contributed by atoms with Crippen molar-refractivity contribution in [3.05, 3.63) is 24.4 Å². The highest BCUT2D eigenvalue weighted by molar-refractivity contribution is 7.89. The van der Waals surface area contributed by atoms with Crippen LogP contribution in [-0.2, 0) is 15.6 Å². The van der Waals surface area contributed by atoms with E-state index in [4.69, 9.17) is 4.42 Å². The van der Waals surface area contributed by atoms with Gasteiger partial charge in [-0.05, 0) is 0 Å². The molecule has 0 unspecified atom stereocenters. The summed E-state index contributed by atoms with van der Waals surface area (Å²) in [5, 5.41) is 0. The zero-order valence-corrected chi connectivity index (χ0v) is 8.28. The molecule has 0 aliphatic heterocycles. The summed E-state index contributed by atoms with van der Waals surface area (Å²) in [5.41, 5.74) is 1.13. The third-order valence-corrected chi connectivity index (χ3v) is 2.39. The van der Waals surface area contributed by atoms with Crippen LogP contribution in [0.1, 0.15) is 5.89 Å². The molecule has 0 saturated carbocycles. The van der Waals surface area contributed by atoms with Crippen LogP contribution in [0.25, 0.3) is 11.1 Å². The first-order valence-electron chi connectivity index (χ1n) is 3.92. The molecule has 6 heteroatoms. The van der Waals surface area contributed by atoms with Crippen LogP contribution in [-0.4, -0.2) is 24.6 Å². The van der Waals surface area contributed by atoms with Crippen molar-refractivity contribution < 1.29 is 12.8 Å². The normalized spacial score (nSPS) is 12.1. The van der Waals surface area contributed by atoms with Crippen molar-refractivity contribution in [2.24, 2.45) is 0 Å². The Morgan fingerprint density at radius 1 is 1.50 bits per heavy atom. The lowest BCUT2D eigenvalue weighted by atomic mass is 10.4. The van der Waals surface area contributed by atoms with E-state index in [2.05, 4.69) is 9.97 Å². The van der Waals surface area contributed by atoms with Crippen LogP contribution in [0.4, 0.5) is 0 Å². The monoisotopic (exact) mass is 212 g/mol. The zero-order chi connectivity index (χ0) is 10.2. The number of hydrogen-bond acceptors (Lipinski definition) is 5. The largest absolute Gasteiger partial charge is 0.439 e. The number of oxazole rings is 1. The molecule has 2 aromatic heterocycles. The van der Waals surface area contributed by atoms with Gasteiger partial charge in [-0.15, -0.1) is 0 Å². The number of nitrogens with zero attached hydrogens (tertiary/aromatic N) is 2. The Balaban J connectivity index is 2.46. The van der Waals surface area contributed by atoms with Gasteiger partial charge >= 0.3 is 0 Å². The van der Waals surface area contributed by atoms with Gasteiger partial charge in [-0.25, -0.2) is 13.4 Å². The van der Waals surface area contributed by atoms with Gasteiger partial charge in [0.1, 0.15) is 11.3 Å². The number of hydrogen-bond donors (Lipinski definition) is 0. The Hall–Kier alpha value is -1.43. The van der Waals surface area contributed by atoms with Crippen LogP contribution in [0.3, 0.4) is 0 Å². The topological polar surface area (TPSA) is 73.1 Å². The lowest BCUT2D eigenvalue weighted by Gasteiger charge is -1.89. The van der Waals surface area contributed by atoms with E-state index < -0.39 is 9.84 Å². The quantitative estimate of drug-likeness (QED) is 0.735. The second-order valence-electron chi connectivity index (χ2n) is 3.02. The molecule has 2 rings (SSSR count). The second kappa shape index (κ2) is 3.06. The highest BCUT2D eigenvalue weighted by Crippen LogP contribution is 2.14. The zero-order valence-electron chi connectivity index (χ0n) is 7.47. The van der Waals surface area contributed by atoms with E-state index in [1.807, 2.05) is 0 Å². The van der Waals surface area contributed by atoms with Crippen molar-refractivity contribution >= 4 is 20.9 Å². The van der Waals surface area contributed by atoms with Gasteiger partial charge in [0.25, 0.3) is 0 Å². The minimum atomic E-state index is -3.10. The molecule has 0 bridgehead atoms. The standard InChI is InChI=1S/C8H8N2O3S/c1-14(11,12)5-8-10-6-4-9-3-2-7(6)13-8/h2-4H,5H2,1H3. The van der Waals surface area contributed by atoms with Crippen LogP contribution >= 0.6 is 0 Å². The number of pyridine rings is 1. The van der Waals surface area contributed by atoms with E-state index in [1.165, 1.54) is 6.20 Å². The fourth-order valence-corrected chi connectivity index (χ4v) is 1.69. The van der Waals surface area contributed by atoms with Crippen molar-refractivity contribution in [2.75, 3.05) is 6.26 Å². The van der Waals surface area contributed by atoms with Crippen molar-refractivity contribution in [3.63, 3.8) is 0 Å². The number of fused-ring (bicyclic) bond motifs is 1. The van der Waals surface area contributed by atoms with Crippen LogP contribution in [0.5, 0.6) is 0 Å². The first-order chi connectivity index (χ1) is 6.54.